The molecule has 1 aromatic heterocycles. The highest BCUT2D eigenvalue weighted by atomic mass is 16.5. The second kappa shape index (κ2) is 3.64. The summed E-state index contributed by atoms with van der Waals surface area (Å²) < 4.78 is 4.94. The van der Waals surface area contributed by atoms with Gasteiger partial charge in [-0.15, -0.1) is 6.42 Å². The van der Waals surface area contributed by atoms with Crippen LogP contribution in [-0.4, -0.2) is 22.2 Å². The second-order valence-corrected chi connectivity index (χ2v) is 3.06. The number of hydrogen-bond acceptors (Lipinski definition) is 4. The lowest BCUT2D eigenvalue weighted by Gasteiger charge is -2.16. The number of hydrogen-bond donors (Lipinski definition) is 1. The Morgan fingerprint density at radius 3 is 2.71 bits per heavy atom. The number of aliphatic hydroxyl groups is 1. The van der Waals surface area contributed by atoms with Gasteiger partial charge in [-0.2, -0.15) is 4.98 Å². The Bertz CT molecular complexity index is 380. The summed E-state index contributed by atoms with van der Waals surface area (Å²) in [7, 11) is 1.50. The second-order valence-electron chi connectivity index (χ2n) is 3.06. The van der Waals surface area contributed by atoms with Gasteiger partial charge in [-0.1, -0.05) is 5.92 Å². The summed E-state index contributed by atoms with van der Waals surface area (Å²) >= 11 is 0. The van der Waals surface area contributed by atoms with E-state index in [2.05, 4.69) is 15.9 Å². The van der Waals surface area contributed by atoms with Crippen LogP contribution in [0.4, 0.5) is 0 Å². The van der Waals surface area contributed by atoms with E-state index in [1.807, 2.05) is 0 Å². The van der Waals surface area contributed by atoms with Gasteiger partial charge >= 0.3 is 0 Å². The summed E-state index contributed by atoms with van der Waals surface area (Å²) in [6.07, 6.45) is 5.18. The molecular weight excluding hydrogens is 180 g/mol. The highest BCUT2D eigenvalue weighted by Crippen LogP contribution is 2.20. The van der Waals surface area contributed by atoms with Gasteiger partial charge in [0.05, 0.1) is 12.8 Å². The van der Waals surface area contributed by atoms with E-state index < -0.39 is 5.60 Å². The Kier molecular flexibility index (Phi) is 2.73. The summed E-state index contributed by atoms with van der Waals surface area (Å²) in [4.78, 5) is 8.03. The first-order chi connectivity index (χ1) is 6.49. The molecular formula is C10H12N2O2. The lowest BCUT2D eigenvalue weighted by atomic mass is 10.0. The first kappa shape index (κ1) is 10.5. The van der Waals surface area contributed by atoms with E-state index >= 15 is 0 Å². The van der Waals surface area contributed by atoms with E-state index in [0.717, 1.165) is 0 Å². The van der Waals surface area contributed by atoms with Gasteiger partial charge in [0.15, 0.2) is 5.60 Å². The van der Waals surface area contributed by atoms with E-state index in [-0.39, 0.29) is 0 Å². The molecule has 0 unspecified atom stereocenters. The molecule has 1 atom stereocenters. The minimum Gasteiger partial charge on any atom is -0.481 e. The molecule has 4 heteroatoms. The van der Waals surface area contributed by atoms with Crippen molar-refractivity contribution in [3.63, 3.8) is 0 Å². The smallest absolute Gasteiger partial charge is 0.216 e. The van der Waals surface area contributed by atoms with Crippen molar-refractivity contribution >= 4 is 0 Å². The van der Waals surface area contributed by atoms with Gasteiger partial charge in [0.25, 0.3) is 0 Å². The maximum Gasteiger partial charge on any atom is 0.216 e. The van der Waals surface area contributed by atoms with Crippen molar-refractivity contribution in [2.45, 2.75) is 19.4 Å². The van der Waals surface area contributed by atoms with Crippen molar-refractivity contribution in [3.8, 4) is 18.2 Å². The molecule has 0 amide bonds. The number of ether oxygens (including phenoxy) is 1. The summed E-state index contributed by atoms with van der Waals surface area (Å²) in [6, 6.07) is 1.52. The van der Waals surface area contributed by atoms with Crippen molar-refractivity contribution in [2.24, 2.45) is 0 Å². The Hall–Kier alpha value is -1.60. The predicted molar refractivity (Wildman–Crippen MR) is 51.7 cm³/mol. The van der Waals surface area contributed by atoms with Gasteiger partial charge in [0.1, 0.15) is 5.82 Å². The topological polar surface area (TPSA) is 55.2 Å². The normalized spacial score (nSPS) is 14.2. The number of aryl methyl sites for hydroxylation is 1. The van der Waals surface area contributed by atoms with Crippen LogP contribution < -0.4 is 4.74 Å². The Balaban J connectivity index is 3.24. The average Bonchev–Trinajstić information content (AvgIpc) is 2.16. The Morgan fingerprint density at radius 2 is 2.21 bits per heavy atom. The third kappa shape index (κ3) is 2.01. The van der Waals surface area contributed by atoms with Crippen molar-refractivity contribution in [1.82, 2.24) is 9.97 Å². The highest BCUT2D eigenvalue weighted by Gasteiger charge is 2.22. The fourth-order valence-electron chi connectivity index (χ4n) is 0.968. The molecule has 0 aliphatic carbocycles. The third-order valence-electron chi connectivity index (χ3n) is 1.80. The van der Waals surface area contributed by atoms with E-state index in [1.165, 1.54) is 20.1 Å². The Labute approximate surface area is 83.0 Å². The molecule has 0 spiro atoms. The molecule has 0 aliphatic rings. The van der Waals surface area contributed by atoms with Crippen LogP contribution in [0.25, 0.3) is 0 Å². The predicted octanol–water partition coefficient (Wildman–Crippen LogP) is 0.634. The zero-order valence-corrected chi connectivity index (χ0v) is 8.40. The monoisotopic (exact) mass is 192 g/mol. The molecule has 0 saturated heterocycles. The van der Waals surface area contributed by atoms with Gasteiger partial charge in [-0.05, 0) is 13.8 Å². The molecule has 14 heavy (non-hydrogen) atoms. The molecule has 1 rings (SSSR count). The minimum absolute atomic E-state index is 0.365. The van der Waals surface area contributed by atoms with E-state index in [4.69, 9.17) is 11.2 Å². The van der Waals surface area contributed by atoms with Crippen LogP contribution in [0.1, 0.15) is 18.4 Å². The number of nitrogens with zero attached hydrogens (tertiary/aromatic N) is 2. The number of aromatic nitrogens is 2. The van der Waals surface area contributed by atoms with Crippen molar-refractivity contribution in [3.05, 3.63) is 17.6 Å². The van der Waals surface area contributed by atoms with Gasteiger partial charge in [-0.3, -0.25) is 0 Å². The number of rotatable bonds is 2. The zero-order valence-electron chi connectivity index (χ0n) is 8.40. The van der Waals surface area contributed by atoms with E-state index in [0.29, 0.717) is 17.4 Å². The number of terminal acetylenes is 1. The largest absolute Gasteiger partial charge is 0.481 e. The maximum absolute atomic E-state index is 9.76. The van der Waals surface area contributed by atoms with E-state index in [9.17, 15) is 5.11 Å². The summed E-state index contributed by atoms with van der Waals surface area (Å²) in [5.74, 6) is 3.15. The summed E-state index contributed by atoms with van der Waals surface area (Å²) in [6.45, 7) is 3.20. The van der Waals surface area contributed by atoms with Gasteiger partial charge < -0.3 is 9.84 Å². The maximum atomic E-state index is 9.76. The first-order valence-electron chi connectivity index (χ1n) is 4.10. The molecule has 1 heterocycles. The SMILES string of the molecule is C#C[C@@](C)(O)c1cc(OC)nc(C)n1. The highest BCUT2D eigenvalue weighted by molar-refractivity contribution is 5.27. The van der Waals surface area contributed by atoms with Crippen LogP contribution >= 0.6 is 0 Å². The molecule has 0 saturated carbocycles. The molecule has 1 N–H and O–H groups in total. The molecule has 0 aliphatic heterocycles. The fourth-order valence-corrected chi connectivity index (χ4v) is 0.968. The minimum atomic E-state index is -1.39. The molecule has 0 fully saturated rings. The van der Waals surface area contributed by atoms with Crippen LogP contribution in [-0.2, 0) is 5.60 Å². The van der Waals surface area contributed by atoms with Crippen LogP contribution in [0.3, 0.4) is 0 Å². The first-order valence-corrected chi connectivity index (χ1v) is 4.10. The van der Waals surface area contributed by atoms with Crippen molar-refractivity contribution < 1.29 is 9.84 Å². The molecule has 4 nitrogen and oxygen atoms in total. The van der Waals surface area contributed by atoms with Gasteiger partial charge in [-0.25, -0.2) is 4.98 Å². The summed E-state index contributed by atoms with van der Waals surface area (Å²) in [5, 5.41) is 9.76. The third-order valence-corrected chi connectivity index (χ3v) is 1.80. The van der Waals surface area contributed by atoms with E-state index in [1.54, 1.807) is 6.92 Å². The quantitative estimate of drug-likeness (QED) is 0.698. The van der Waals surface area contributed by atoms with Crippen LogP contribution in [0, 0.1) is 19.3 Å². The molecule has 0 radical (unpaired) electrons. The van der Waals surface area contributed by atoms with Crippen molar-refractivity contribution in [1.29, 1.82) is 0 Å². The Morgan fingerprint density at radius 1 is 1.57 bits per heavy atom. The van der Waals surface area contributed by atoms with Gasteiger partial charge in [0.2, 0.25) is 5.88 Å². The molecule has 0 aromatic carbocycles. The van der Waals surface area contributed by atoms with Crippen LogP contribution in [0.15, 0.2) is 6.07 Å². The van der Waals surface area contributed by atoms with Crippen LogP contribution in [0.2, 0.25) is 0 Å². The fraction of sp³-hybridized carbons (Fsp3) is 0.400. The average molecular weight is 192 g/mol. The number of methoxy groups -OCH3 is 1. The lowest BCUT2D eigenvalue weighted by molar-refractivity contribution is 0.116. The standard InChI is InChI=1S/C10H12N2O2/c1-5-10(3,13)8-6-9(14-4)12-7(2)11-8/h1,6,13H,2-4H3/t10-/m1/s1. The summed E-state index contributed by atoms with van der Waals surface area (Å²) in [5.41, 5.74) is -1.02. The van der Waals surface area contributed by atoms with Crippen molar-refractivity contribution in [2.75, 3.05) is 7.11 Å². The molecule has 74 valence electrons. The van der Waals surface area contributed by atoms with Crippen LogP contribution in [0.5, 0.6) is 5.88 Å². The van der Waals surface area contributed by atoms with Gasteiger partial charge in [0, 0.05) is 6.07 Å². The zero-order chi connectivity index (χ0) is 10.8. The molecule has 1 aromatic rings. The molecule has 0 bridgehead atoms. The lowest BCUT2D eigenvalue weighted by Crippen LogP contribution is -2.20.